The molecule has 6 heteroatoms. The van der Waals surface area contributed by atoms with E-state index >= 15 is 0 Å². The van der Waals surface area contributed by atoms with E-state index in [9.17, 15) is 4.79 Å². The third-order valence-electron chi connectivity index (χ3n) is 2.70. The Balaban J connectivity index is 0.00000324. The molecule has 0 aliphatic carbocycles. The van der Waals surface area contributed by atoms with Crippen LogP contribution in [0.4, 0.5) is 0 Å². The van der Waals surface area contributed by atoms with Gasteiger partial charge in [-0.2, -0.15) is 0 Å². The van der Waals surface area contributed by atoms with Crippen molar-refractivity contribution in [3.05, 3.63) is 22.4 Å². The molecule has 1 aromatic rings. The summed E-state index contributed by atoms with van der Waals surface area (Å²) in [4.78, 5) is 14.9. The van der Waals surface area contributed by atoms with Crippen LogP contribution in [0.5, 0.6) is 0 Å². The van der Waals surface area contributed by atoms with E-state index in [2.05, 4.69) is 19.2 Å². The van der Waals surface area contributed by atoms with Gasteiger partial charge in [0, 0.05) is 11.4 Å². The highest BCUT2D eigenvalue weighted by molar-refractivity contribution is 7.09. The zero-order chi connectivity index (χ0) is 13.6. The van der Waals surface area contributed by atoms with Crippen LogP contribution in [0.25, 0.3) is 0 Å². The molecule has 0 fully saturated rings. The minimum atomic E-state index is 0. The average Bonchev–Trinajstić information content (AvgIpc) is 2.78. The number of carbonyl (C=O) groups is 1. The van der Waals surface area contributed by atoms with E-state index < -0.39 is 0 Å². The van der Waals surface area contributed by atoms with Gasteiger partial charge in [-0.05, 0) is 30.5 Å². The van der Waals surface area contributed by atoms with Gasteiger partial charge < -0.3 is 11.1 Å². The smallest absolute Gasteiger partial charge is 0.234 e. The van der Waals surface area contributed by atoms with E-state index in [1.54, 1.807) is 11.3 Å². The molecule has 1 heterocycles. The highest BCUT2D eigenvalue weighted by Crippen LogP contribution is 2.13. The summed E-state index contributed by atoms with van der Waals surface area (Å²) >= 11 is 1.65. The van der Waals surface area contributed by atoms with Crippen LogP contribution in [0.1, 0.15) is 18.7 Å². The summed E-state index contributed by atoms with van der Waals surface area (Å²) in [6, 6.07) is 4.01. The van der Waals surface area contributed by atoms with Gasteiger partial charge in [-0.15, -0.1) is 23.7 Å². The number of amides is 1. The van der Waals surface area contributed by atoms with Crippen LogP contribution in [0.2, 0.25) is 0 Å². The lowest BCUT2D eigenvalue weighted by atomic mass is 9.93. The van der Waals surface area contributed by atoms with Crippen molar-refractivity contribution in [2.24, 2.45) is 11.1 Å². The highest BCUT2D eigenvalue weighted by atomic mass is 35.5. The quantitative estimate of drug-likeness (QED) is 0.806. The first-order valence-corrected chi connectivity index (χ1v) is 6.98. The highest BCUT2D eigenvalue weighted by Gasteiger charge is 2.19. The molecule has 0 aliphatic heterocycles. The second kappa shape index (κ2) is 8.53. The molecular weight excluding hydrogens is 282 g/mol. The lowest BCUT2D eigenvalue weighted by Crippen LogP contribution is -2.41. The Bertz CT molecular complexity index is 368. The predicted octanol–water partition coefficient (Wildman–Crippen LogP) is 1.70. The van der Waals surface area contributed by atoms with Crippen LogP contribution >= 0.6 is 23.7 Å². The Hall–Kier alpha value is -0.620. The number of nitrogens with two attached hydrogens (primary N) is 1. The fourth-order valence-corrected chi connectivity index (χ4v) is 2.40. The van der Waals surface area contributed by atoms with Crippen LogP contribution in [0, 0.1) is 5.41 Å². The lowest BCUT2D eigenvalue weighted by Gasteiger charge is -2.28. The van der Waals surface area contributed by atoms with Gasteiger partial charge in [-0.3, -0.25) is 9.69 Å². The molecule has 4 nitrogen and oxygen atoms in total. The standard InChI is InChI=1S/C13H23N3OS.ClH/c1-13(2,9-14)10-16(3)8-12(17)15-7-11-5-4-6-18-11;/h4-6H,7-10,14H2,1-3H3,(H,15,17);1H. The fraction of sp³-hybridized carbons (Fsp3) is 0.615. The van der Waals surface area contributed by atoms with Gasteiger partial charge in [-0.1, -0.05) is 19.9 Å². The number of carbonyl (C=O) groups excluding carboxylic acids is 1. The summed E-state index contributed by atoms with van der Waals surface area (Å²) in [6.45, 7) is 6.67. The molecule has 1 aromatic heterocycles. The number of hydrogen-bond acceptors (Lipinski definition) is 4. The molecule has 0 saturated heterocycles. The van der Waals surface area contributed by atoms with Crippen LogP contribution in [0.3, 0.4) is 0 Å². The molecule has 3 N–H and O–H groups in total. The molecule has 0 saturated carbocycles. The van der Waals surface area contributed by atoms with Gasteiger partial charge in [0.1, 0.15) is 0 Å². The molecule has 0 bridgehead atoms. The lowest BCUT2D eigenvalue weighted by molar-refractivity contribution is -0.122. The van der Waals surface area contributed by atoms with Gasteiger partial charge in [-0.25, -0.2) is 0 Å². The zero-order valence-electron chi connectivity index (χ0n) is 11.8. The number of thiophene rings is 1. The normalized spacial score (nSPS) is 11.2. The van der Waals surface area contributed by atoms with Crippen molar-refractivity contribution in [1.82, 2.24) is 10.2 Å². The molecule has 0 spiro atoms. The Morgan fingerprint density at radius 2 is 2.21 bits per heavy atom. The van der Waals surface area contributed by atoms with Crippen molar-refractivity contribution in [2.75, 3.05) is 26.7 Å². The summed E-state index contributed by atoms with van der Waals surface area (Å²) in [7, 11) is 1.95. The van der Waals surface area contributed by atoms with Gasteiger partial charge in [0.05, 0.1) is 13.1 Å². The van der Waals surface area contributed by atoms with Gasteiger partial charge in [0.15, 0.2) is 0 Å². The van der Waals surface area contributed by atoms with Crippen molar-refractivity contribution in [3.63, 3.8) is 0 Å². The van der Waals surface area contributed by atoms with E-state index in [4.69, 9.17) is 5.73 Å². The number of nitrogens with zero attached hydrogens (tertiary/aromatic N) is 1. The topological polar surface area (TPSA) is 58.4 Å². The maximum absolute atomic E-state index is 11.7. The largest absolute Gasteiger partial charge is 0.350 e. The number of hydrogen-bond donors (Lipinski definition) is 2. The van der Waals surface area contributed by atoms with Crippen LogP contribution in [-0.2, 0) is 11.3 Å². The number of halogens is 1. The summed E-state index contributed by atoms with van der Waals surface area (Å²) < 4.78 is 0. The van der Waals surface area contributed by atoms with Crippen molar-refractivity contribution >= 4 is 29.7 Å². The van der Waals surface area contributed by atoms with E-state index in [0.717, 1.165) is 6.54 Å². The van der Waals surface area contributed by atoms with Crippen molar-refractivity contribution in [2.45, 2.75) is 20.4 Å². The predicted molar refractivity (Wildman–Crippen MR) is 83.7 cm³/mol. The van der Waals surface area contributed by atoms with E-state index in [1.807, 2.05) is 29.5 Å². The first kappa shape index (κ1) is 18.4. The maximum Gasteiger partial charge on any atom is 0.234 e. The molecule has 0 radical (unpaired) electrons. The molecule has 1 amide bonds. The van der Waals surface area contributed by atoms with E-state index in [0.29, 0.717) is 19.6 Å². The van der Waals surface area contributed by atoms with Crippen LogP contribution in [0.15, 0.2) is 17.5 Å². The maximum atomic E-state index is 11.7. The van der Waals surface area contributed by atoms with Crippen molar-refractivity contribution in [1.29, 1.82) is 0 Å². The Kier molecular flexibility index (Phi) is 8.25. The first-order chi connectivity index (χ1) is 8.43. The summed E-state index contributed by atoms with van der Waals surface area (Å²) in [5, 5.41) is 4.93. The van der Waals surface area contributed by atoms with E-state index in [-0.39, 0.29) is 23.7 Å². The second-order valence-electron chi connectivity index (χ2n) is 5.40. The molecule has 0 unspecified atom stereocenters. The van der Waals surface area contributed by atoms with Crippen molar-refractivity contribution in [3.8, 4) is 0 Å². The third-order valence-corrected chi connectivity index (χ3v) is 3.58. The summed E-state index contributed by atoms with van der Waals surface area (Å²) in [6.07, 6.45) is 0. The van der Waals surface area contributed by atoms with E-state index in [1.165, 1.54) is 4.88 Å². The Morgan fingerprint density at radius 3 is 2.74 bits per heavy atom. The Morgan fingerprint density at radius 1 is 1.53 bits per heavy atom. The van der Waals surface area contributed by atoms with Crippen molar-refractivity contribution < 1.29 is 4.79 Å². The second-order valence-corrected chi connectivity index (χ2v) is 6.43. The molecule has 0 aliphatic rings. The average molecular weight is 306 g/mol. The molecule has 110 valence electrons. The monoisotopic (exact) mass is 305 g/mol. The minimum absolute atomic E-state index is 0. The Labute approximate surface area is 125 Å². The fourth-order valence-electron chi connectivity index (χ4n) is 1.75. The number of rotatable bonds is 7. The summed E-state index contributed by atoms with van der Waals surface area (Å²) in [5.41, 5.74) is 5.73. The van der Waals surface area contributed by atoms with Gasteiger partial charge in [0.25, 0.3) is 0 Å². The molecular formula is C13H24ClN3OS. The molecule has 19 heavy (non-hydrogen) atoms. The van der Waals surface area contributed by atoms with Crippen LogP contribution in [-0.4, -0.2) is 37.5 Å². The summed E-state index contributed by atoms with van der Waals surface area (Å²) in [5.74, 6) is 0.0544. The first-order valence-electron chi connectivity index (χ1n) is 6.10. The third kappa shape index (κ3) is 7.52. The number of likely N-dealkylation sites (N-methyl/N-ethyl adjacent to an activating group) is 1. The molecule has 0 aromatic carbocycles. The molecule has 1 rings (SSSR count). The molecule has 0 atom stereocenters. The number of nitrogens with one attached hydrogen (secondary N) is 1. The van der Waals surface area contributed by atoms with Crippen LogP contribution < -0.4 is 11.1 Å². The van der Waals surface area contributed by atoms with Gasteiger partial charge in [0.2, 0.25) is 5.91 Å². The zero-order valence-corrected chi connectivity index (χ0v) is 13.4. The van der Waals surface area contributed by atoms with Gasteiger partial charge >= 0.3 is 0 Å². The SMILES string of the molecule is CN(CC(=O)NCc1cccs1)CC(C)(C)CN.Cl. The minimum Gasteiger partial charge on any atom is -0.350 e.